The minimum atomic E-state index is -0.181. The number of nitriles is 1. The minimum Gasteiger partial charge on any atom is -0.468 e. The van der Waals surface area contributed by atoms with Crippen LogP contribution in [0.15, 0.2) is 67.3 Å². The van der Waals surface area contributed by atoms with Crippen LogP contribution in [-0.2, 0) is 18.3 Å². The summed E-state index contributed by atoms with van der Waals surface area (Å²) in [5.74, 6) is 1.29. The van der Waals surface area contributed by atoms with E-state index in [1.165, 1.54) is 6.20 Å². The first-order valence-electron chi connectivity index (χ1n) is 14.4. The molecule has 12 nitrogen and oxygen atoms in total. The molecule has 4 heterocycles. The molecular formula is C31H33N9O3. The molecule has 2 N–H and O–H groups in total. The topological polar surface area (TPSA) is 143 Å². The Morgan fingerprint density at radius 3 is 2.53 bits per heavy atom. The molecule has 0 bridgehead atoms. The molecular weight excluding hydrogens is 546 g/mol. The Hall–Kier alpha value is -5.02. The normalized spacial score (nSPS) is 18.2. The number of hydrogen-bond acceptors (Lipinski definition) is 9. The summed E-state index contributed by atoms with van der Waals surface area (Å²) in [6, 6.07) is 15.7. The zero-order valence-corrected chi connectivity index (χ0v) is 23.9. The largest absolute Gasteiger partial charge is 0.468 e. The summed E-state index contributed by atoms with van der Waals surface area (Å²) < 4.78 is 12.7. The molecule has 3 aromatic heterocycles. The van der Waals surface area contributed by atoms with Crippen LogP contribution in [0, 0.1) is 11.3 Å². The maximum atomic E-state index is 13.6. The lowest BCUT2D eigenvalue weighted by molar-refractivity contribution is -0.0814. The molecule has 1 aliphatic heterocycles. The van der Waals surface area contributed by atoms with Gasteiger partial charge in [-0.15, -0.1) is 0 Å². The predicted molar refractivity (Wildman–Crippen MR) is 159 cm³/mol. The average Bonchev–Trinajstić information content (AvgIpc) is 3.46. The second-order valence-corrected chi connectivity index (χ2v) is 10.8. The molecule has 1 saturated carbocycles. The van der Waals surface area contributed by atoms with Crippen molar-refractivity contribution < 1.29 is 14.3 Å². The van der Waals surface area contributed by atoms with E-state index >= 15 is 0 Å². The van der Waals surface area contributed by atoms with Gasteiger partial charge in [0.05, 0.1) is 25.6 Å². The van der Waals surface area contributed by atoms with Gasteiger partial charge in [-0.2, -0.15) is 15.3 Å². The van der Waals surface area contributed by atoms with E-state index in [0.717, 1.165) is 42.4 Å². The Balaban J connectivity index is 1.14. The third-order valence-corrected chi connectivity index (χ3v) is 7.69. The van der Waals surface area contributed by atoms with Crippen molar-refractivity contribution in [2.75, 3.05) is 23.4 Å². The van der Waals surface area contributed by atoms with Crippen LogP contribution < -0.4 is 20.3 Å². The number of carbonyl (C=O) groups is 1. The van der Waals surface area contributed by atoms with E-state index in [1.807, 2.05) is 55.7 Å². The lowest BCUT2D eigenvalue weighted by atomic mass is 9.90. The fraction of sp³-hybridized carbons (Fsp3) is 0.355. The summed E-state index contributed by atoms with van der Waals surface area (Å²) in [4.78, 5) is 28.9. The van der Waals surface area contributed by atoms with Crippen molar-refractivity contribution in [3.8, 4) is 23.1 Å². The summed E-state index contributed by atoms with van der Waals surface area (Å²) >= 11 is 0. The number of hydrogen-bond donors (Lipinski definition) is 2. The number of urea groups is 1. The minimum absolute atomic E-state index is 0.0371. The second-order valence-electron chi connectivity index (χ2n) is 10.8. The van der Waals surface area contributed by atoms with Crippen LogP contribution in [0.1, 0.15) is 36.8 Å². The summed E-state index contributed by atoms with van der Waals surface area (Å²) in [6.07, 6.45) is 10.0. The number of nitrogens with one attached hydrogen (secondary N) is 2. The van der Waals surface area contributed by atoms with E-state index in [1.54, 1.807) is 22.0 Å². The van der Waals surface area contributed by atoms with Crippen molar-refractivity contribution in [3.05, 3.63) is 78.4 Å². The number of ether oxygens (including phenoxy) is 2. The molecule has 0 spiro atoms. The first-order valence-corrected chi connectivity index (χ1v) is 14.4. The zero-order valence-electron chi connectivity index (χ0n) is 23.9. The molecule has 1 aromatic carbocycles. The first kappa shape index (κ1) is 28.1. The van der Waals surface area contributed by atoms with Crippen molar-refractivity contribution in [1.82, 2.24) is 30.0 Å². The van der Waals surface area contributed by atoms with Crippen LogP contribution in [0.2, 0.25) is 0 Å². The molecule has 1 aliphatic carbocycles. The van der Waals surface area contributed by atoms with Crippen LogP contribution >= 0.6 is 0 Å². The van der Waals surface area contributed by atoms with Gasteiger partial charge in [-0.1, -0.05) is 30.3 Å². The molecule has 43 heavy (non-hydrogen) atoms. The monoisotopic (exact) mass is 579 g/mol. The van der Waals surface area contributed by atoms with Crippen molar-refractivity contribution in [1.29, 1.82) is 5.26 Å². The van der Waals surface area contributed by atoms with E-state index in [-0.39, 0.29) is 30.1 Å². The lowest BCUT2D eigenvalue weighted by Crippen LogP contribution is -2.49. The maximum absolute atomic E-state index is 13.6. The van der Waals surface area contributed by atoms with Crippen molar-refractivity contribution in [2.24, 2.45) is 7.05 Å². The van der Waals surface area contributed by atoms with Crippen molar-refractivity contribution in [3.63, 3.8) is 0 Å². The number of aryl methyl sites for hydroxylation is 1. The smallest absolute Gasteiger partial charge is 0.323 e. The van der Waals surface area contributed by atoms with Crippen LogP contribution in [0.5, 0.6) is 5.88 Å². The van der Waals surface area contributed by atoms with Gasteiger partial charge in [-0.3, -0.25) is 9.58 Å². The van der Waals surface area contributed by atoms with Crippen molar-refractivity contribution >= 4 is 17.8 Å². The molecule has 2 aliphatic rings. The Morgan fingerprint density at radius 1 is 1.07 bits per heavy atom. The molecule has 2 fully saturated rings. The number of benzene rings is 1. The quantitative estimate of drug-likeness (QED) is 0.300. The number of rotatable bonds is 9. The summed E-state index contributed by atoms with van der Waals surface area (Å²) in [5, 5.41) is 20.2. The highest BCUT2D eigenvalue weighted by atomic mass is 16.6. The summed E-state index contributed by atoms with van der Waals surface area (Å²) in [5.41, 5.74) is 3.22. The average molecular weight is 580 g/mol. The summed E-state index contributed by atoms with van der Waals surface area (Å²) in [7, 11) is 1.88. The zero-order chi connectivity index (χ0) is 29.6. The van der Waals surface area contributed by atoms with Gasteiger partial charge < -0.3 is 20.1 Å². The van der Waals surface area contributed by atoms with Gasteiger partial charge in [0.1, 0.15) is 23.6 Å². The van der Waals surface area contributed by atoms with Gasteiger partial charge in [-0.25, -0.2) is 14.8 Å². The van der Waals surface area contributed by atoms with E-state index in [4.69, 9.17) is 14.5 Å². The van der Waals surface area contributed by atoms with Crippen LogP contribution in [0.25, 0.3) is 11.1 Å². The number of amides is 2. The van der Waals surface area contributed by atoms with Gasteiger partial charge in [0, 0.05) is 49.2 Å². The predicted octanol–water partition coefficient (Wildman–Crippen LogP) is 4.06. The van der Waals surface area contributed by atoms with E-state index in [0.29, 0.717) is 37.1 Å². The maximum Gasteiger partial charge on any atom is 0.323 e. The Morgan fingerprint density at radius 2 is 1.88 bits per heavy atom. The Bertz CT molecular complexity index is 1570. The molecule has 0 unspecified atom stereocenters. The molecule has 1 saturated heterocycles. The SMILES string of the molecule is Cn1cc(-c2ccc(N(C(=O)NCc3ccccc3)C3CCC(Nc4ncc(C#N)c(OC5COC5)n4)CC3)nc2)cn1. The highest BCUT2D eigenvalue weighted by Crippen LogP contribution is 2.30. The molecule has 12 heteroatoms. The third-order valence-electron chi connectivity index (χ3n) is 7.69. The highest BCUT2D eigenvalue weighted by molar-refractivity contribution is 5.91. The fourth-order valence-electron chi connectivity index (χ4n) is 5.29. The fourth-order valence-corrected chi connectivity index (χ4v) is 5.29. The third kappa shape index (κ3) is 6.73. The molecule has 0 radical (unpaired) electrons. The van der Waals surface area contributed by atoms with E-state index in [2.05, 4.69) is 31.8 Å². The number of aromatic nitrogens is 5. The highest BCUT2D eigenvalue weighted by Gasteiger charge is 2.31. The van der Waals surface area contributed by atoms with Crippen molar-refractivity contribution in [2.45, 2.75) is 50.4 Å². The van der Waals surface area contributed by atoms with E-state index in [9.17, 15) is 10.1 Å². The molecule has 2 amide bonds. The lowest BCUT2D eigenvalue weighted by Gasteiger charge is -2.36. The van der Waals surface area contributed by atoms with Crippen LogP contribution in [0.3, 0.4) is 0 Å². The van der Waals surface area contributed by atoms with Gasteiger partial charge in [0.25, 0.3) is 0 Å². The standard InChI is InChI=1S/C31H33N9O3/c1-39-18-24(17-36-39)22-7-12-28(33-15-22)40(31(41)35-14-21-5-3-2-4-6-21)26-10-8-25(9-11-26)37-30-34-16-23(13-32)29(38-30)43-27-19-42-20-27/h2-7,12,15-18,25-27H,8-11,14,19-20H2,1H3,(H,35,41)(H,34,37,38). The van der Waals surface area contributed by atoms with Gasteiger partial charge in [0.2, 0.25) is 11.8 Å². The number of nitrogens with zero attached hydrogens (tertiary/aromatic N) is 7. The first-order chi connectivity index (χ1) is 21.1. The number of pyridine rings is 1. The molecule has 0 atom stereocenters. The van der Waals surface area contributed by atoms with Gasteiger partial charge in [-0.05, 0) is 43.4 Å². The van der Waals surface area contributed by atoms with Gasteiger partial charge in [0.15, 0.2) is 0 Å². The van der Waals surface area contributed by atoms with E-state index < -0.39 is 0 Å². The molecule has 220 valence electrons. The number of carbonyl (C=O) groups excluding carboxylic acids is 1. The Kier molecular flexibility index (Phi) is 8.42. The summed E-state index contributed by atoms with van der Waals surface area (Å²) in [6.45, 7) is 1.39. The molecule has 6 rings (SSSR count). The number of anilines is 2. The Labute approximate surface area is 249 Å². The van der Waals surface area contributed by atoms with Gasteiger partial charge >= 0.3 is 6.03 Å². The van der Waals surface area contributed by atoms with Crippen LogP contribution in [-0.4, -0.2) is 62.2 Å². The second kappa shape index (κ2) is 12.9. The van der Waals surface area contributed by atoms with Crippen LogP contribution in [0.4, 0.5) is 16.6 Å². The molecule has 4 aromatic rings.